The van der Waals surface area contributed by atoms with E-state index in [9.17, 15) is 0 Å². The summed E-state index contributed by atoms with van der Waals surface area (Å²) in [5.74, 6) is 0. The van der Waals surface area contributed by atoms with Crippen LogP contribution in [0.25, 0.3) is 0 Å². The van der Waals surface area contributed by atoms with E-state index in [-0.39, 0.29) is 0 Å². The van der Waals surface area contributed by atoms with E-state index < -0.39 is 16.5 Å². The molecular weight excluding hydrogens is 180 g/mol. The smallest absolute Gasteiger partial charge is 0.172 e. The molecule has 0 saturated heterocycles. The molecule has 0 aromatic rings. The van der Waals surface area contributed by atoms with Gasteiger partial charge in [0.1, 0.15) is 0 Å². The third-order valence-electron chi connectivity index (χ3n) is 0.990. The topological polar surface area (TPSA) is 24.7 Å². The van der Waals surface area contributed by atoms with Crippen LogP contribution in [0, 0.1) is 0 Å². The van der Waals surface area contributed by atoms with Crippen molar-refractivity contribution in [2.24, 2.45) is 9.32 Å². The van der Waals surface area contributed by atoms with Crippen molar-refractivity contribution in [3.63, 3.8) is 0 Å². The van der Waals surface area contributed by atoms with Gasteiger partial charge in [0.25, 0.3) is 0 Å². The van der Waals surface area contributed by atoms with Crippen LogP contribution in [0.4, 0.5) is 0 Å². The zero-order valence-corrected chi connectivity index (χ0v) is 11.0. The van der Waals surface area contributed by atoms with Gasteiger partial charge in [0.2, 0.25) is 0 Å². The Balaban J connectivity index is 4.00. The van der Waals surface area contributed by atoms with E-state index in [0.29, 0.717) is 0 Å². The lowest BCUT2D eigenvalue weighted by Crippen LogP contribution is -2.18. The summed E-state index contributed by atoms with van der Waals surface area (Å²) < 4.78 is 8.89. The lowest BCUT2D eigenvalue weighted by atomic mass is 10.8. The summed E-state index contributed by atoms with van der Waals surface area (Å²) >= 11 is 0. The molecule has 0 aliphatic carbocycles. The molecule has 0 amide bonds. The molecule has 0 heterocycles. The van der Waals surface area contributed by atoms with Gasteiger partial charge in [-0.05, 0) is 39.3 Å². The second kappa shape index (κ2) is 4.14. The van der Waals surface area contributed by atoms with Crippen LogP contribution in [-0.4, -0.2) is 28.9 Å². The molecule has 0 aliphatic rings. The van der Waals surface area contributed by atoms with Crippen molar-refractivity contribution in [1.82, 2.24) is 0 Å². The highest BCUT2D eigenvalue weighted by atomic mass is 28.3. The Morgan fingerprint density at radius 1 is 0.667 bits per heavy atom. The van der Waals surface area contributed by atoms with E-state index in [4.69, 9.17) is 0 Å². The van der Waals surface area contributed by atoms with Crippen molar-refractivity contribution < 1.29 is 0 Å². The van der Waals surface area contributed by atoms with Crippen molar-refractivity contribution in [2.45, 2.75) is 39.3 Å². The van der Waals surface area contributed by atoms with Gasteiger partial charge in [-0.1, -0.05) is 0 Å². The Hall–Kier alpha value is -0.226. The fourth-order valence-corrected chi connectivity index (χ4v) is 1.54. The van der Waals surface area contributed by atoms with Crippen molar-refractivity contribution >= 4 is 28.9 Å². The molecule has 0 aromatic carbocycles. The molecule has 2 nitrogen and oxygen atoms in total. The van der Waals surface area contributed by atoms with Crippen LogP contribution < -0.4 is 0 Å². The molecule has 0 atom stereocenters. The highest BCUT2D eigenvalue weighted by molar-refractivity contribution is 6.77. The molecule has 0 spiro atoms. The Morgan fingerprint density at radius 3 is 1.08 bits per heavy atom. The molecule has 0 radical (unpaired) electrons. The first-order valence-electron chi connectivity index (χ1n) is 4.30. The zero-order chi connectivity index (χ0) is 9.83. The van der Waals surface area contributed by atoms with Gasteiger partial charge in [-0.3, -0.25) is 0 Å². The third-order valence-corrected chi connectivity index (χ3v) is 2.84. The van der Waals surface area contributed by atoms with E-state index in [0.717, 1.165) is 0 Å². The molecule has 12 heavy (non-hydrogen) atoms. The average molecular weight is 200 g/mol. The molecule has 0 N–H and O–H groups in total. The van der Waals surface area contributed by atoms with E-state index in [2.05, 4.69) is 48.6 Å². The third kappa shape index (κ3) is 9.77. The summed E-state index contributed by atoms with van der Waals surface area (Å²) in [5, 5.41) is 0. The standard InChI is InChI=1S/C8H20N2Si2/c1-11(2,3)9-7-8-10-12(4,5)6/h7-8H,1-6H3. The van der Waals surface area contributed by atoms with Gasteiger partial charge in [0.15, 0.2) is 16.5 Å². The van der Waals surface area contributed by atoms with E-state index in [1.807, 2.05) is 12.4 Å². The first-order chi connectivity index (χ1) is 5.21. The number of rotatable bonds is 3. The van der Waals surface area contributed by atoms with Crippen molar-refractivity contribution in [3.8, 4) is 0 Å². The average Bonchev–Trinajstić information content (AvgIpc) is 1.76. The number of hydrogen-bond donors (Lipinski definition) is 0. The summed E-state index contributed by atoms with van der Waals surface area (Å²) in [7, 11) is -2.52. The summed E-state index contributed by atoms with van der Waals surface area (Å²) in [6.07, 6.45) is 3.73. The first kappa shape index (κ1) is 11.8. The fraction of sp³-hybridized carbons (Fsp3) is 0.750. The number of nitrogens with zero attached hydrogens (tertiary/aromatic N) is 2. The van der Waals surface area contributed by atoms with Gasteiger partial charge in [0, 0.05) is 12.4 Å². The van der Waals surface area contributed by atoms with Gasteiger partial charge < -0.3 is 9.32 Å². The molecular formula is C8H20N2Si2. The molecule has 0 aliphatic heterocycles. The maximum Gasteiger partial charge on any atom is 0.172 e. The zero-order valence-electron chi connectivity index (χ0n) is 9.05. The minimum absolute atomic E-state index is 1.26. The van der Waals surface area contributed by atoms with Gasteiger partial charge in [0.05, 0.1) is 0 Å². The highest BCUT2D eigenvalue weighted by Gasteiger charge is 2.10. The summed E-state index contributed by atoms with van der Waals surface area (Å²) in [6.45, 7) is 13.3. The van der Waals surface area contributed by atoms with Crippen molar-refractivity contribution in [3.05, 3.63) is 0 Å². The van der Waals surface area contributed by atoms with Crippen LogP contribution in [0.1, 0.15) is 0 Å². The van der Waals surface area contributed by atoms with E-state index >= 15 is 0 Å². The van der Waals surface area contributed by atoms with Crippen LogP contribution in [0.3, 0.4) is 0 Å². The minimum atomic E-state index is -1.26. The minimum Gasteiger partial charge on any atom is -0.328 e. The Kier molecular flexibility index (Phi) is 4.06. The van der Waals surface area contributed by atoms with Gasteiger partial charge in [-0.2, -0.15) is 0 Å². The predicted molar refractivity (Wildman–Crippen MR) is 63.7 cm³/mol. The van der Waals surface area contributed by atoms with Gasteiger partial charge in [-0.15, -0.1) is 0 Å². The predicted octanol–water partition coefficient (Wildman–Crippen LogP) is 2.80. The SMILES string of the molecule is C[Si](C)(C)N=CC=N[Si](C)(C)C. The Morgan fingerprint density at radius 2 is 0.917 bits per heavy atom. The van der Waals surface area contributed by atoms with Crippen LogP contribution in [0.15, 0.2) is 9.32 Å². The molecule has 0 bridgehead atoms. The molecule has 0 unspecified atom stereocenters. The van der Waals surface area contributed by atoms with E-state index in [1.165, 1.54) is 0 Å². The normalized spacial score (nSPS) is 14.8. The lowest BCUT2D eigenvalue weighted by Gasteiger charge is -2.08. The number of hydrogen-bond acceptors (Lipinski definition) is 2. The maximum absolute atomic E-state index is 4.45. The second-order valence-electron chi connectivity index (χ2n) is 4.90. The molecule has 0 saturated carbocycles. The molecule has 4 heteroatoms. The molecule has 0 rings (SSSR count). The largest absolute Gasteiger partial charge is 0.328 e. The monoisotopic (exact) mass is 200 g/mol. The summed E-state index contributed by atoms with van der Waals surface area (Å²) in [4.78, 5) is 0. The second-order valence-corrected chi connectivity index (χ2v) is 14.1. The lowest BCUT2D eigenvalue weighted by molar-refractivity contribution is 1.57. The van der Waals surface area contributed by atoms with Crippen LogP contribution in [0.2, 0.25) is 39.3 Å². The van der Waals surface area contributed by atoms with Crippen LogP contribution in [-0.2, 0) is 0 Å². The highest BCUT2D eigenvalue weighted by Crippen LogP contribution is 2.01. The fourth-order valence-electron chi connectivity index (χ4n) is 0.514. The van der Waals surface area contributed by atoms with Crippen LogP contribution >= 0.6 is 0 Å². The van der Waals surface area contributed by atoms with E-state index in [1.54, 1.807) is 0 Å². The Labute approximate surface area is 78.0 Å². The Bertz CT molecular complexity index is 162. The van der Waals surface area contributed by atoms with Gasteiger partial charge in [-0.25, -0.2) is 0 Å². The van der Waals surface area contributed by atoms with Crippen LogP contribution in [0.5, 0.6) is 0 Å². The first-order valence-corrected chi connectivity index (χ1v) is 11.2. The summed E-state index contributed by atoms with van der Waals surface area (Å²) in [5.41, 5.74) is 0. The van der Waals surface area contributed by atoms with Gasteiger partial charge >= 0.3 is 0 Å². The molecule has 0 fully saturated rings. The molecule has 70 valence electrons. The quantitative estimate of drug-likeness (QED) is 0.494. The van der Waals surface area contributed by atoms with Crippen molar-refractivity contribution in [1.29, 1.82) is 0 Å². The van der Waals surface area contributed by atoms with Crippen molar-refractivity contribution in [2.75, 3.05) is 0 Å². The maximum atomic E-state index is 4.45. The summed E-state index contributed by atoms with van der Waals surface area (Å²) in [6, 6.07) is 0. The molecule has 0 aromatic heterocycles.